The Bertz CT molecular complexity index is 203. The van der Waals surface area contributed by atoms with Crippen LogP contribution in [0.2, 0.25) is 0 Å². The summed E-state index contributed by atoms with van der Waals surface area (Å²) in [6.45, 7) is 0.450. The van der Waals surface area contributed by atoms with Crippen molar-refractivity contribution in [1.29, 1.82) is 0 Å². The van der Waals surface area contributed by atoms with Gasteiger partial charge in [-0.25, -0.2) is 4.79 Å². The fourth-order valence-corrected chi connectivity index (χ4v) is 2.36. The smallest absolute Gasteiger partial charge is 0.407 e. The molecule has 0 aromatic heterocycles. The first-order valence-electron chi connectivity index (χ1n) is 5.79. The summed E-state index contributed by atoms with van der Waals surface area (Å²) in [6.07, 6.45) is 6.58. The number of rotatable bonds is 4. The molecule has 0 spiro atoms. The van der Waals surface area contributed by atoms with Gasteiger partial charge in [-0.3, -0.25) is 0 Å². The predicted octanol–water partition coefficient (Wildman–Crippen LogP) is 1.89. The first-order chi connectivity index (χ1) is 7.09. The average Bonchev–Trinajstić information content (AvgIpc) is 2.18. The molecule has 15 heavy (non-hydrogen) atoms. The summed E-state index contributed by atoms with van der Waals surface area (Å²) in [4.78, 5) is 11.9. The number of amides is 1. The third-order valence-electron chi connectivity index (χ3n) is 3.20. The van der Waals surface area contributed by atoms with Crippen LogP contribution in [0.4, 0.5) is 4.79 Å². The summed E-state index contributed by atoms with van der Waals surface area (Å²) < 4.78 is 0. The highest BCUT2D eigenvalue weighted by Crippen LogP contribution is 2.26. The maximum absolute atomic E-state index is 10.6. The molecule has 1 amide bonds. The molecule has 1 saturated carbocycles. The first-order valence-corrected chi connectivity index (χ1v) is 5.79. The molecule has 88 valence electrons. The van der Waals surface area contributed by atoms with Crippen LogP contribution >= 0.6 is 0 Å². The minimum Gasteiger partial charge on any atom is -0.465 e. The van der Waals surface area contributed by atoms with Crippen molar-refractivity contribution in [3.05, 3.63) is 0 Å². The highest BCUT2D eigenvalue weighted by Gasteiger charge is 2.18. The SMILES string of the molecule is CN(C[C@H](N)CC1CCCCC1)C(=O)O. The lowest BCUT2D eigenvalue weighted by Gasteiger charge is -2.26. The highest BCUT2D eigenvalue weighted by molar-refractivity contribution is 5.64. The van der Waals surface area contributed by atoms with E-state index in [1.54, 1.807) is 7.05 Å². The van der Waals surface area contributed by atoms with E-state index >= 15 is 0 Å². The van der Waals surface area contributed by atoms with Crippen molar-refractivity contribution in [2.75, 3.05) is 13.6 Å². The van der Waals surface area contributed by atoms with Gasteiger partial charge >= 0.3 is 6.09 Å². The molecule has 0 aromatic rings. The molecule has 0 radical (unpaired) electrons. The number of nitrogens with zero attached hydrogens (tertiary/aromatic N) is 1. The van der Waals surface area contributed by atoms with E-state index in [1.165, 1.54) is 37.0 Å². The summed E-state index contributed by atoms with van der Waals surface area (Å²) in [5.74, 6) is 0.718. The van der Waals surface area contributed by atoms with Crippen LogP contribution in [0.1, 0.15) is 38.5 Å². The highest BCUT2D eigenvalue weighted by atomic mass is 16.4. The number of carboxylic acid groups (broad SMARTS) is 1. The minimum absolute atomic E-state index is 0.00537. The van der Waals surface area contributed by atoms with Gasteiger partial charge in [0.1, 0.15) is 0 Å². The van der Waals surface area contributed by atoms with Gasteiger partial charge < -0.3 is 15.7 Å². The third kappa shape index (κ3) is 4.51. The summed E-state index contributed by atoms with van der Waals surface area (Å²) in [5.41, 5.74) is 5.94. The number of hydrogen-bond donors (Lipinski definition) is 2. The molecule has 0 aliphatic heterocycles. The van der Waals surface area contributed by atoms with Crippen LogP contribution in [0.3, 0.4) is 0 Å². The zero-order valence-corrected chi connectivity index (χ0v) is 9.48. The molecule has 1 atom stereocenters. The first kappa shape index (κ1) is 12.3. The standard InChI is InChI=1S/C11H22N2O2/c1-13(11(14)15)8-10(12)7-9-5-3-2-4-6-9/h9-10H,2-8,12H2,1H3,(H,14,15)/t10-/m1/s1. The maximum Gasteiger partial charge on any atom is 0.407 e. The van der Waals surface area contributed by atoms with Crippen molar-refractivity contribution in [2.45, 2.75) is 44.6 Å². The maximum atomic E-state index is 10.6. The molecule has 0 bridgehead atoms. The number of nitrogens with two attached hydrogens (primary N) is 1. The van der Waals surface area contributed by atoms with Gasteiger partial charge in [0.15, 0.2) is 0 Å². The van der Waals surface area contributed by atoms with Gasteiger partial charge in [-0.05, 0) is 12.3 Å². The van der Waals surface area contributed by atoms with Crippen molar-refractivity contribution < 1.29 is 9.90 Å². The minimum atomic E-state index is -0.894. The molecule has 1 rings (SSSR count). The van der Waals surface area contributed by atoms with Crippen LogP contribution in [-0.4, -0.2) is 35.7 Å². The van der Waals surface area contributed by atoms with E-state index in [-0.39, 0.29) is 6.04 Å². The van der Waals surface area contributed by atoms with E-state index in [2.05, 4.69) is 0 Å². The van der Waals surface area contributed by atoms with E-state index in [1.807, 2.05) is 0 Å². The fraction of sp³-hybridized carbons (Fsp3) is 0.909. The Balaban J connectivity index is 2.22. The second kappa shape index (κ2) is 5.95. The Morgan fingerprint density at radius 1 is 1.47 bits per heavy atom. The normalized spacial score (nSPS) is 19.9. The quantitative estimate of drug-likeness (QED) is 0.751. The van der Waals surface area contributed by atoms with E-state index in [4.69, 9.17) is 10.8 Å². The van der Waals surface area contributed by atoms with Crippen LogP contribution in [0.5, 0.6) is 0 Å². The Kier molecular flexibility index (Phi) is 4.88. The molecule has 3 N–H and O–H groups in total. The summed E-state index contributed by atoms with van der Waals surface area (Å²) in [5, 5.41) is 8.71. The van der Waals surface area contributed by atoms with Crippen molar-refractivity contribution >= 4 is 6.09 Å². The molecule has 0 saturated heterocycles. The topological polar surface area (TPSA) is 66.6 Å². The van der Waals surface area contributed by atoms with Crippen LogP contribution in [0, 0.1) is 5.92 Å². The molecule has 0 aromatic carbocycles. The molecule has 0 unspecified atom stereocenters. The summed E-state index contributed by atoms with van der Waals surface area (Å²) in [7, 11) is 1.57. The molecule has 4 heteroatoms. The van der Waals surface area contributed by atoms with Crippen molar-refractivity contribution in [1.82, 2.24) is 4.90 Å². The molecule has 4 nitrogen and oxygen atoms in total. The Labute approximate surface area is 91.4 Å². The largest absolute Gasteiger partial charge is 0.465 e. The summed E-state index contributed by atoms with van der Waals surface area (Å²) >= 11 is 0. The van der Waals surface area contributed by atoms with Gasteiger partial charge in [-0.2, -0.15) is 0 Å². The van der Waals surface area contributed by atoms with Crippen molar-refractivity contribution in [3.8, 4) is 0 Å². The van der Waals surface area contributed by atoms with Gasteiger partial charge in [-0.15, -0.1) is 0 Å². The monoisotopic (exact) mass is 214 g/mol. The molecular formula is C11H22N2O2. The van der Waals surface area contributed by atoms with E-state index in [0.717, 1.165) is 12.3 Å². The second-order valence-electron chi connectivity index (χ2n) is 4.66. The fourth-order valence-electron chi connectivity index (χ4n) is 2.36. The average molecular weight is 214 g/mol. The second-order valence-corrected chi connectivity index (χ2v) is 4.66. The van der Waals surface area contributed by atoms with Gasteiger partial charge in [0.2, 0.25) is 0 Å². The van der Waals surface area contributed by atoms with Crippen LogP contribution in [0.25, 0.3) is 0 Å². The zero-order chi connectivity index (χ0) is 11.3. The van der Waals surface area contributed by atoms with E-state index < -0.39 is 6.09 Å². The lowest BCUT2D eigenvalue weighted by molar-refractivity contribution is 0.151. The van der Waals surface area contributed by atoms with Gasteiger partial charge in [-0.1, -0.05) is 32.1 Å². The van der Waals surface area contributed by atoms with Crippen molar-refractivity contribution in [3.63, 3.8) is 0 Å². The van der Waals surface area contributed by atoms with Gasteiger partial charge in [0.25, 0.3) is 0 Å². The summed E-state index contributed by atoms with van der Waals surface area (Å²) in [6, 6.07) is -0.00537. The number of hydrogen-bond acceptors (Lipinski definition) is 2. The van der Waals surface area contributed by atoms with Crippen LogP contribution in [0.15, 0.2) is 0 Å². The Morgan fingerprint density at radius 2 is 2.07 bits per heavy atom. The van der Waals surface area contributed by atoms with E-state index in [0.29, 0.717) is 6.54 Å². The van der Waals surface area contributed by atoms with Gasteiger partial charge in [0, 0.05) is 19.6 Å². The van der Waals surface area contributed by atoms with Crippen LogP contribution in [-0.2, 0) is 0 Å². The molecule has 1 fully saturated rings. The molecule has 1 aliphatic carbocycles. The van der Waals surface area contributed by atoms with Gasteiger partial charge in [0.05, 0.1) is 0 Å². The lowest BCUT2D eigenvalue weighted by Crippen LogP contribution is -2.39. The predicted molar refractivity (Wildman–Crippen MR) is 59.8 cm³/mol. The Hall–Kier alpha value is -0.770. The molecule has 1 aliphatic rings. The third-order valence-corrected chi connectivity index (χ3v) is 3.20. The number of carbonyl (C=O) groups is 1. The van der Waals surface area contributed by atoms with Crippen LogP contribution < -0.4 is 5.73 Å². The number of likely N-dealkylation sites (N-methyl/N-ethyl adjacent to an activating group) is 1. The molecular weight excluding hydrogens is 192 g/mol. The molecule has 0 heterocycles. The lowest BCUT2D eigenvalue weighted by atomic mass is 9.85. The zero-order valence-electron chi connectivity index (χ0n) is 9.48. The Morgan fingerprint density at radius 3 is 2.60 bits per heavy atom. The van der Waals surface area contributed by atoms with Crippen molar-refractivity contribution in [2.24, 2.45) is 11.7 Å². The van der Waals surface area contributed by atoms with E-state index in [9.17, 15) is 4.79 Å².